The monoisotopic (exact) mass is 240 g/mol. The van der Waals surface area contributed by atoms with Crippen molar-refractivity contribution in [3.05, 3.63) is 0 Å². The summed E-state index contributed by atoms with van der Waals surface area (Å²) in [4.78, 5) is 14.4. The van der Waals surface area contributed by atoms with Crippen LogP contribution in [0.3, 0.4) is 0 Å². The average molecular weight is 240 g/mol. The molecule has 0 radical (unpaired) electrons. The first-order valence-electron chi connectivity index (χ1n) is 6.42. The van der Waals surface area contributed by atoms with Gasteiger partial charge in [0.15, 0.2) is 0 Å². The van der Waals surface area contributed by atoms with Crippen molar-refractivity contribution in [2.24, 2.45) is 17.1 Å². The van der Waals surface area contributed by atoms with Gasteiger partial charge in [0.25, 0.3) is 0 Å². The molecule has 1 saturated heterocycles. The zero-order chi connectivity index (χ0) is 13.0. The summed E-state index contributed by atoms with van der Waals surface area (Å²) in [5.74, 6) is 0.246. The van der Waals surface area contributed by atoms with Crippen LogP contribution < -0.4 is 5.73 Å². The molecule has 2 aliphatic rings. The first kappa shape index (κ1) is 12.8. The molecule has 4 nitrogen and oxygen atoms in total. The van der Waals surface area contributed by atoms with E-state index in [4.69, 9.17) is 10.5 Å². The largest absolute Gasteiger partial charge is 0.377 e. The molecule has 1 aliphatic heterocycles. The summed E-state index contributed by atoms with van der Waals surface area (Å²) in [7, 11) is 1.83. The summed E-state index contributed by atoms with van der Waals surface area (Å²) in [5.41, 5.74) is 5.45. The second-order valence-corrected chi connectivity index (χ2v) is 6.29. The third kappa shape index (κ3) is 1.40. The van der Waals surface area contributed by atoms with E-state index in [1.54, 1.807) is 4.90 Å². The molecular formula is C13H24N2O2. The lowest BCUT2D eigenvalue weighted by Gasteiger charge is -2.61. The van der Waals surface area contributed by atoms with Crippen LogP contribution in [0.4, 0.5) is 0 Å². The number of nitrogens with zero attached hydrogens (tertiary/aromatic N) is 1. The molecule has 0 spiro atoms. The molecule has 4 heteroatoms. The molecule has 2 N–H and O–H groups in total. The lowest BCUT2D eigenvalue weighted by Crippen LogP contribution is -2.80. The molecule has 98 valence electrons. The van der Waals surface area contributed by atoms with Gasteiger partial charge in [-0.1, -0.05) is 13.8 Å². The lowest BCUT2D eigenvalue weighted by molar-refractivity contribution is -0.184. The number of hydrogen-bond acceptors (Lipinski definition) is 3. The second kappa shape index (κ2) is 3.69. The molecule has 0 bridgehead atoms. The van der Waals surface area contributed by atoms with Crippen LogP contribution in [-0.4, -0.2) is 42.1 Å². The molecule has 1 amide bonds. The van der Waals surface area contributed by atoms with Crippen LogP contribution in [0.2, 0.25) is 0 Å². The smallest absolute Gasteiger partial charge is 0.243 e. The van der Waals surface area contributed by atoms with Gasteiger partial charge in [-0.2, -0.15) is 0 Å². The van der Waals surface area contributed by atoms with Crippen LogP contribution in [0.25, 0.3) is 0 Å². The van der Waals surface area contributed by atoms with Gasteiger partial charge in [-0.05, 0) is 20.3 Å². The molecule has 3 unspecified atom stereocenters. The Hall–Kier alpha value is -0.610. The average Bonchev–Trinajstić information content (AvgIpc) is 2.73. The number of nitrogens with two attached hydrogens (primary N) is 1. The maximum atomic E-state index is 12.6. The molecule has 2 fully saturated rings. The minimum atomic E-state index is -0.757. The Bertz CT molecular complexity index is 340. The van der Waals surface area contributed by atoms with E-state index in [0.29, 0.717) is 0 Å². The number of rotatable bonds is 2. The maximum Gasteiger partial charge on any atom is 0.243 e. The van der Waals surface area contributed by atoms with Gasteiger partial charge in [-0.15, -0.1) is 0 Å². The molecule has 0 aromatic rings. The topological polar surface area (TPSA) is 55.6 Å². The van der Waals surface area contributed by atoms with Gasteiger partial charge in [0.05, 0.1) is 6.10 Å². The predicted octanol–water partition coefficient (Wildman–Crippen LogP) is 0.996. The molecule has 1 saturated carbocycles. The van der Waals surface area contributed by atoms with Gasteiger partial charge in [0, 0.05) is 31.0 Å². The van der Waals surface area contributed by atoms with E-state index in [0.717, 1.165) is 13.0 Å². The normalized spacial score (nSPS) is 38.8. The van der Waals surface area contributed by atoms with Crippen molar-refractivity contribution < 1.29 is 9.53 Å². The Balaban J connectivity index is 2.27. The van der Waals surface area contributed by atoms with Crippen molar-refractivity contribution in [3.63, 3.8) is 0 Å². The van der Waals surface area contributed by atoms with Gasteiger partial charge in [-0.25, -0.2) is 0 Å². The van der Waals surface area contributed by atoms with E-state index in [1.165, 1.54) is 0 Å². The highest BCUT2D eigenvalue weighted by molar-refractivity contribution is 5.89. The van der Waals surface area contributed by atoms with E-state index in [1.807, 2.05) is 34.7 Å². The number of carbonyl (C=O) groups is 1. The number of carbonyl (C=O) groups excluding carboxylic acids is 1. The molecule has 0 aromatic heterocycles. The molecule has 1 heterocycles. The SMILES string of the molecule is CC(C)N(C)C(=O)C1(N)C2CCOC2C1(C)C. The summed E-state index contributed by atoms with van der Waals surface area (Å²) in [6, 6.07) is 0.181. The highest BCUT2D eigenvalue weighted by Crippen LogP contribution is 2.58. The number of ether oxygens (including phenoxy) is 1. The van der Waals surface area contributed by atoms with Gasteiger partial charge in [0.2, 0.25) is 5.91 Å². The third-order valence-electron chi connectivity index (χ3n) is 4.90. The molecule has 0 aromatic carbocycles. The second-order valence-electron chi connectivity index (χ2n) is 6.29. The summed E-state index contributed by atoms with van der Waals surface area (Å²) < 4.78 is 5.70. The fourth-order valence-electron chi connectivity index (χ4n) is 3.34. The Morgan fingerprint density at radius 1 is 1.47 bits per heavy atom. The van der Waals surface area contributed by atoms with Crippen molar-refractivity contribution in [3.8, 4) is 0 Å². The standard InChI is InChI=1S/C13H24N2O2/c1-8(2)15(5)11(16)13(14)9-6-7-17-10(9)12(13,3)4/h8-10H,6-7,14H2,1-5H3. The molecule has 1 aliphatic carbocycles. The fourth-order valence-corrected chi connectivity index (χ4v) is 3.34. The highest BCUT2D eigenvalue weighted by Gasteiger charge is 2.71. The Labute approximate surface area is 103 Å². The lowest BCUT2D eigenvalue weighted by atomic mass is 9.47. The number of fused-ring (bicyclic) bond motifs is 1. The van der Waals surface area contributed by atoms with E-state index in [2.05, 4.69) is 0 Å². The predicted molar refractivity (Wildman–Crippen MR) is 66.5 cm³/mol. The van der Waals surface area contributed by atoms with Crippen molar-refractivity contribution in [1.29, 1.82) is 0 Å². The van der Waals surface area contributed by atoms with E-state index in [-0.39, 0.29) is 29.4 Å². The van der Waals surface area contributed by atoms with E-state index in [9.17, 15) is 4.79 Å². The van der Waals surface area contributed by atoms with E-state index >= 15 is 0 Å². The number of hydrogen-bond donors (Lipinski definition) is 1. The van der Waals surface area contributed by atoms with Crippen LogP contribution >= 0.6 is 0 Å². The third-order valence-corrected chi connectivity index (χ3v) is 4.90. The van der Waals surface area contributed by atoms with Crippen LogP contribution in [0, 0.1) is 11.3 Å². The van der Waals surface area contributed by atoms with Gasteiger partial charge >= 0.3 is 0 Å². The van der Waals surface area contributed by atoms with Crippen LogP contribution in [-0.2, 0) is 9.53 Å². The zero-order valence-corrected chi connectivity index (χ0v) is 11.5. The van der Waals surface area contributed by atoms with Crippen molar-refractivity contribution >= 4 is 5.91 Å². The minimum absolute atomic E-state index is 0.0595. The highest BCUT2D eigenvalue weighted by atomic mass is 16.5. The fraction of sp³-hybridized carbons (Fsp3) is 0.923. The molecule has 17 heavy (non-hydrogen) atoms. The van der Waals surface area contributed by atoms with Crippen molar-refractivity contribution in [2.75, 3.05) is 13.7 Å². The Morgan fingerprint density at radius 2 is 2.06 bits per heavy atom. The van der Waals surface area contributed by atoms with E-state index < -0.39 is 5.54 Å². The summed E-state index contributed by atoms with van der Waals surface area (Å²) >= 11 is 0. The van der Waals surface area contributed by atoms with Gasteiger partial charge < -0.3 is 15.4 Å². The molecule has 3 atom stereocenters. The van der Waals surface area contributed by atoms with Crippen molar-refractivity contribution in [2.45, 2.75) is 51.8 Å². The Kier molecular flexibility index (Phi) is 2.79. The number of amides is 1. The van der Waals surface area contributed by atoms with Crippen LogP contribution in [0.5, 0.6) is 0 Å². The van der Waals surface area contributed by atoms with Gasteiger partial charge in [-0.3, -0.25) is 4.79 Å². The van der Waals surface area contributed by atoms with Gasteiger partial charge in [0.1, 0.15) is 5.54 Å². The van der Waals surface area contributed by atoms with Crippen molar-refractivity contribution in [1.82, 2.24) is 4.90 Å². The first-order chi connectivity index (χ1) is 7.74. The maximum absolute atomic E-state index is 12.6. The minimum Gasteiger partial charge on any atom is -0.377 e. The first-order valence-corrected chi connectivity index (χ1v) is 6.42. The Morgan fingerprint density at radius 3 is 2.59 bits per heavy atom. The molecule has 2 rings (SSSR count). The summed E-state index contributed by atoms with van der Waals surface area (Å²) in [6.07, 6.45) is 1.06. The summed E-state index contributed by atoms with van der Waals surface area (Å²) in [6.45, 7) is 8.85. The molecular weight excluding hydrogens is 216 g/mol. The zero-order valence-electron chi connectivity index (χ0n) is 11.5. The van der Waals surface area contributed by atoms with Crippen LogP contribution in [0.15, 0.2) is 0 Å². The summed E-state index contributed by atoms with van der Waals surface area (Å²) in [5, 5.41) is 0. The quantitative estimate of drug-likeness (QED) is 0.783. The number of likely N-dealkylation sites (N-methyl/N-ethyl adjacent to an activating group) is 1. The van der Waals surface area contributed by atoms with Crippen LogP contribution in [0.1, 0.15) is 34.1 Å².